The number of amides is 1. The van der Waals surface area contributed by atoms with Crippen LogP contribution in [0.2, 0.25) is 0 Å². The number of aryl methyl sites for hydroxylation is 1. The van der Waals surface area contributed by atoms with Crippen LogP contribution in [-0.2, 0) is 4.74 Å². The molecule has 0 aliphatic carbocycles. The van der Waals surface area contributed by atoms with Gasteiger partial charge in [0.2, 0.25) is 0 Å². The van der Waals surface area contributed by atoms with Crippen molar-refractivity contribution >= 4 is 5.91 Å². The van der Waals surface area contributed by atoms with E-state index < -0.39 is 0 Å². The number of hydrogen-bond donors (Lipinski definition) is 0. The number of carbonyl (C=O) groups is 1. The number of halogens is 1. The highest BCUT2D eigenvalue weighted by Gasteiger charge is 2.42. The minimum absolute atomic E-state index is 0.0110. The van der Waals surface area contributed by atoms with Gasteiger partial charge in [-0.05, 0) is 44.0 Å². The Labute approximate surface area is 112 Å². The van der Waals surface area contributed by atoms with Crippen molar-refractivity contribution in [2.45, 2.75) is 32.5 Å². The van der Waals surface area contributed by atoms with Crippen LogP contribution in [0.1, 0.15) is 29.3 Å². The summed E-state index contributed by atoms with van der Waals surface area (Å²) in [7, 11) is 0. The van der Waals surface area contributed by atoms with E-state index in [1.54, 1.807) is 13.0 Å². The van der Waals surface area contributed by atoms with Crippen molar-refractivity contribution < 1.29 is 13.9 Å². The van der Waals surface area contributed by atoms with Crippen molar-refractivity contribution in [3.8, 4) is 0 Å². The molecule has 102 valence electrons. The summed E-state index contributed by atoms with van der Waals surface area (Å²) in [6.45, 7) is 5.26. The first-order valence-corrected chi connectivity index (χ1v) is 6.75. The van der Waals surface area contributed by atoms with E-state index in [0.717, 1.165) is 13.0 Å². The summed E-state index contributed by atoms with van der Waals surface area (Å²) in [5, 5.41) is 0. The summed E-state index contributed by atoms with van der Waals surface area (Å²) < 4.78 is 18.9. The first-order valence-electron chi connectivity index (χ1n) is 6.75. The Bertz CT molecular complexity index is 503. The maximum Gasteiger partial charge on any atom is 0.254 e. The molecule has 1 aromatic carbocycles. The molecule has 2 aliphatic heterocycles. The second-order valence-corrected chi connectivity index (χ2v) is 5.65. The Morgan fingerprint density at radius 2 is 2.21 bits per heavy atom. The zero-order valence-corrected chi connectivity index (χ0v) is 11.2. The summed E-state index contributed by atoms with van der Waals surface area (Å²) >= 11 is 0. The van der Waals surface area contributed by atoms with Gasteiger partial charge >= 0.3 is 0 Å². The lowest BCUT2D eigenvalue weighted by Gasteiger charge is -2.19. The van der Waals surface area contributed by atoms with Gasteiger partial charge in [0.1, 0.15) is 5.82 Å². The van der Waals surface area contributed by atoms with E-state index in [1.165, 1.54) is 12.1 Å². The molecule has 0 aromatic heterocycles. The fourth-order valence-corrected chi connectivity index (χ4v) is 3.21. The largest absolute Gasteiger partial charge is 0.373 e. The third kappa shape index (κ3) is 2.25. The molecule has 0 N–H and O–H groups in total. The van der Waals surface area contributed by atoms with Gasteiger partial charge < -0.3 is 9.64 Å². The molecule has 19 heavy (non-hydrogen) atoms. The van der Waals surface area contributed by atoms with Crippen LogP contribution in [0.5, 0.6) is 0 Å². The minimum atomic E-state index is -0.301. The lowest BCUT2D eigenvalue weighted by Crippen LogP contribution is -2.31. The summed E-state index contributed by atoms with van der Waals surface area (Å²) in [5.41, 5.74) is 1.28. The van der Waals surface area contributed by atoms with E-state index in [4.69, 9.17) is 4.74 Å². The average Bonchev–Trinajstić information content (AvgIpc) is 2.85. The molecular weight excluding hydrogens is 245 g/mol. The van der Waals surface area contributed by atoms with Gasteiger partial charge in [0.05, 0.1) is 12.2 Å². The van der Waals surface area contributed by atoms with Crippen LogP contribution < -0.4 is 0 Å². The van der Waals surface area contributed by atoms with Crippen molar-refractivity contribution in [1.82, 2.24) is 4.90 Å². The van der Waals surface area contributed by atoms with E-state index in [-0.39, 0.29) is 17.8 Å². The van der Waals surface area contributed by atoms with Gasteiger partial charge in [-0.3, -0.25) is 4.79 Å². The maximum absolute atomic E-state index is 13.1. The maximum atomic E-state index is 13.1. The van der Waals surface area contributed by atoms with Crippen molar-refractivity contribution in [3.05, 3.63) is 35.1 Å². The third-order valence-corrected chi connectivity index (χ3v) is 4.13. The Balaban J connectivity index is 1.75. The molecular formula is C15H18FNO2. The van der Waals surface area contributed by atoms with Crippen molar-refractivity contribution in [3.63, 3.8) is 0 Å². The van der Waals surface area contributed by atoms with Gasteiger partial charge in [-0.15, -0.1) is 0 Å². The van der Waals surface area contributed by atoms with Crippen molar-refractivity contribution in [2.75, 3.05) is 13.1 Å². The number of benzene rings is 1. The minimum Gasteiger partial charge on any atom is -0.373 e. The summed E-state index contributed by atoms with van der Waals surface area (Å²) in [4.78, 5) is 14.3. The highest BCUT2D eigenvalue weighted by Crippen LogP contribution is 2.33. The van der Waals surface area contributed by atoms with E-state index in [2.05, 4.69) is 6.92 Å². The van der Waals surface area contributed by atoms with Crippen LogP contribution in [0.4, 0.5) is 4.39 Å². The molecule has 2 aliphatic rings. The molecule has 0 spiro atoms. The molecule has 3 nitrogen and oxygen atoms in total. The fraction of sp³-hybridized carbons (Fsp3) is 0.533. The standard InChI is InChI=1S/C15H18FNO2/c1-9-5-12(16)3-4-13(9)15(18)17-7-11-6-10(2)19-14(11)8-17/h3-5,10-11,14H,6-8H2,1-2H3/t10-,11+,14-/m1/s1. The molecule has 2 saturated heterocycles. The van der Waals surface area contributed by atoms with Crippen LogP contribution in [0.3, 0.4) is 0 Å². The molecule has 4 heteroatoms. The second kappa shape index (κ2) is 4.60. The van der Waals surface area contributed by atoms with Gasteiger partial charge in [0.25, 0.3) is 5.91 Å². The number of hydrogen-bond acceptors (Lipinski definition) is 2. The van der Waals surface area contributed by atoms with E-state index >= 15 is 0 Å². The van der Waals surface area contributed by atoms with Crippen molar-refractivity contribution in [1.29, 1.82) is 0 Å². The third-order valence-electron chi connectivity index (χ3n) is 4.13. The zero-order valence-electron chi connectivity index (χ0n) is 11.2. The van der Waals surface area contributed by atoms with Crippen LogP contribution in [0.25, 0.3) is 0 Å². The first-order chi connectivity index (χ1) is 9.04. The van der Waals surface area contributed by atoms with E-state index in [1.807, 2.05) is 4.90 Å². The Morgan fingerprint density at radius 1 is 1.42 bits per heavy atom. The van der Waals surface area contributed by atoms with Gasteiger partial charge in [-0.2, -0.15) is 0 Å². The van der Waals surface area contributed by atoms with E-state index in [9.17, 15) is 9.18 Å². The molecule has 0 unspecified atom stereocenters. The number of fused-ring (bicyclic) bond motifs is 1. The van der Waals surface area contributed by atoms with Gasteiger partial charge in [-0.25, -0.2) is 4.39 Å². The van der Waals surface area contributed by atoms with Gasteiger partial charge in [0.15, 0.2) is 0 Å². The number of likely N-dealkylation sites (tertiary alicyclic amines) is 1. The highest BCUT2D eigenvalue weighted by molar-refractivity contribution is 5.95. The number of carbonyl (C=O) groups excluding carboxylic acids is 1. The lowest BCUT2D eigenvalue weighted by atomic mass is 10.0. The molecule has 1 aromatic rings. The predicted octanol–water partition coefficient (Wildman–Crippen LogP) is 2.38. The Morgan fingerprint density at radius 3 is 2.89 bits per heavy atom. The average molecular weight is 263 g/mol. The molecule has 2 heterocycles. The predicted molar refractivity (Wildman–Crippen MR) is 69.5 cm³/mol. The molecule has 3 rings (SSSR count). The Hall–Kier alpha value is -1.42. The number of ether oxygens (including phenoxy) is 1. The quantitative estimate of drug-likeness (QED) is 0.778. The van der Waals surface area contributed by atoms with Gasteiger partial charge in [-0.1, -0.05) is 0 Å². The molecule has 2 fully saturated rings. The van der Waals surface area contributed by atoms with Crippen LogP contribution in [0.15, 0.2) is 18.2 Å². The monoisotopic (exact) mass is 263 g/mol. The lowest BCUT2D eigenvalue weighted by molar-refractivity contribution is 0.0443. The normalized spacial score (nSPS) is 29.6. The smallest absolute Gasteiger partial charge is 0.254 e. The van der Waals surface area contributed by atoms with Crippen LogP contribution in [-0.4, -0.2) is 36.1 Å². The zero-order chi connectivity index (χ0) is 13.6. The molecule has 0 bridgehead atoms. The first kappa shape index (κ1) is 12.6. The van der Waals surface area contributed by atoms with Crippen LogP contribution in [0, 0.1) is 18.7 Å². The highest BCUT2D eigenvalue weighted by atomic mass is 19.1. The number of rotatable bonds is 1. The summed E-state index contributed by atoms with van der Waals surface area (Å²) in [6, 6.07) is 4.32. The fourth-order valence-electron chi connectivity index (χ4n) is 3.21. The van der Waals surface area contributed by atoms with E-state index in [0.29, 0.717) is 29.7 Å². The topological polar surface area (TPSA) is 29.5 Å². The second-order valence-electron chi connectivity index (χ2n) is 5.65. The number of nitrogens with zero attached hydrogens (tertiary/aromatic N) is 1. The molecule has 0 radical (unpaired) electrons. The van der Waals surface area contributed by atoms with Gasteiger partial charge in [0, 0.05) is 24.6 Å². The molecule has 1 amide bonds. The molecule has 0 saturated carbocycles. The van der Waals surface area contributed by atoms with Crippen LogP contribution >= 0.6 is 0 Å². The summed E-state index contributed by atoms with van der Waals surface area (Å²) in [6.07, 6.45) is 1.51. The Kier molecular flexibility index (Phi) is 3.05. The molecule has 3 atom stereocenters. The van der Waals surface area contributed by atoms with Crippen molar-refractivity contribution in [2.24, 2.45) is 5.92 Å². The SMILES string of the molecule is Cc1cc(F)ccc1C(=O)N1C[C@@H]2C[C@@H](C)O[C@@H]2C1. The summed E-state index contributed by atoms with van der Waals surface area (Å²) in [5.74, 6) is 0.146.